The van der Waals surface area contributed by atoms with Gasteiger partial charge in [0, 0.05) is 51.5 Å². The molecule has 0 radical (unpaired) electrons. The maximum atomic E-state index is 6.39. The number of anilines is 1. The summed E-state index contributed by atoms with van der Waals surface area (Å²) in [5, 5.41) is 5.27. The van der Waals surface area contributed by atoms with Crippen molar-refractivity contribution in [2.45, 2.75) is 19.9 Å². The topological polar surface area (TPSA) is 37.2 Å². The van der Waals surface area contributed by atoms with E-state index in [1.165, 1.54) is 11.3 Å². The first kappa shape index (κ1) is 15.3. The monoisotopic (exact) mass is 319 g/mol. The van der Waals surface area contributed by atoms with E-state index in [2.05, 4.69) is 32.9 Å². The lowest BCUT2D eigenvalue weighted by Crippen LogP contribution is -2.46. The molecule has 3 heterocycles. The Morgan fingerprint density at radius 1 is 1.23 bits per heavy atom. The summed E-state index contributed by atoms with van der Waals surface area (Å²) in [5.41, 5.74) is 3.50. The van der Waals surface area contributed by atoms with Gasteiger partial charge >= 0.3 is 0 Å². The summed E-state index contributed by atoms with van der Waals surface area (Å²) in [7, 11) is 1.91. The molecule has 0 amide bonds. The molecule has 0 aliphatic carbocycles. The molecule has 3 rings (SSSR count). The largest absolute Gasteiger partial charge is 0.368 e. The molecule has 1 fully saturated rings. The first-order chi connectivity index (χ1) is 10.7. The van der Waals surface area contributed by atoms with Crippen LogP contribution in [0.15, 0.2) is 24.5 Å². The number of hydrogen-bond acceptors (Lipinski definition) is 4. The number of aryl methyl sites for hydroxylation is 2. The Hall–Kier alpha value is -1.59. The van der Waals surface area contributed by atoms with Crippen molar-refractivity contribution in [3.63, 3.8) is 0 Å². The van der Waals surface area contributed by atoms with E-state index in [1.807, 2.05) is 25.5 Å². The first-order valence-corrected chi connectivity index (χ1v) is 8.14. The molecule has 118 valence electrons. The minimum absolute atomic E-state index is 0.770. The molecule has 2 aromatic heterocycles. The number of nitrogens with zero attached hydrogens (tertiary/aromatic N) is 5. The Labute approximate surface area is 136 Å². The van der Waals surface area contributed by atoms with E-state index >= 15 is 0 Å². The van der Waals surface area contributed by atoms with E-state index in [1.54, 1.807) is 4.68 Å². The molecule has 0 atom stereocenters. The summed E-state index contributed by atoms with van der Waals surface area (Å²) in [4.78, 5) is 9.04. The van der Waals surface area contributed by atoms with Crippen LogP contribution < -0.4 is 4.90 Å². The normalized spacial score (nSPS) is 16.2. The fourth-order valence-corrected chi connectivity index (χ4v) is 3.18. The molecular weight excluding hydrogens is 298 g/mol. The van der Waals surface area contributed by atoms with Crippen molar-refractivity contribution in [2.24, 2.45) is 7.05 Å². The second kappa shape index (κ2) is 6.67. The molecule has 5 nitrogen and oxygen atoms in total. The molecule has 0 N–H and O–H groups in total. The molecule has 0 unspecified atom stereocenters. The molecule has 0 aromatic carbocycles. The van der Waals surface area contributed by atoms with Crippen LogP contribution in [0.3, 0.4) is 0 Å². The van der Waals surface area contributed by atoms with Crippen LogP contribution >= 0.6 is 11.6 Å². The van der Waals surface area contributed by atoms with E-state index in [-0.39, 0.29) is 0 Å². The van der Waals surface area contributed by atoms with Gasteiger partial charge in [-0.2, -0.15) is 5.10 Å². The predicted octanol–water partition coefficient (Wildman–Crippen LogP) is 2.35. The number of halogens is 1. The lowest BCUT2D eigenvalue weighted by Gasteiger charge is -2.35. The van der Waals surface area contributed by atoms with Gasteiger partial charge in [0.25, 0.3) is 0 Å². The highest BCUT2D eigenvalue weighted by molar-refractivity contribution is 6.30. The second-order valence-electron chi connectivity index (χ2n) is 5.67. The predicted molar refractivity (Wildman–Crippen MR) is 89.3 cm³/mol. The quantitative estimate of drug-likeness (QED) is 0.867. The van der Waals surface area contributed by atoms with E-state index in [0.717, 1.165) is 50.0 Å². The SMILES string of the molecule is CCc1nn(C)c(Cl)c1CN1CCN(c2cccnc2)CC1. The molecule has 22 heavy (non-hydrogen) atoms. The lowest BCUT2D eigenvalue weighted by molar-refractivity contribution is 0.249. The van der Waals surface area contributed by atoms with Crippen LogP contribution in [0.2, 0.25) is 5.15 Å². The van der Waals surface area contributed by atoms with Crippen molar-refractivity contribution in [1.29, 1.82) is 0 Å². The summed E-state index contributed by atoms with van der Waals surface area (Å²) < 4.78 is 1.78. The van der Waals surface area contributed by atoms with Gasteiger partial charge < -0.3 is 4.90 Å². The highest BCUT2D eigenvalue weighted by Gasteiger charge is 2.21. The van der Waals surface area contributed by atoms with Crippen LogP contribution in [0.4, 0.5) is 5.69 Å². The van der Waals surface area contributed by atoms with Crippen molar-refractivity contribution in [3.8, 4) is 0 Å². The zero-order valence-corrected chi connectivity index (χ0v) is 13.9. The van der Waals surface area contributed by atoms with Crippen LogP contribution in [0, 0.1) is 0 Å². The Bertz CT molecular complexity index is 617. The van der Waals surface area contributed by atoms with Crippen molar-refractivity contribution in [3.05, 3.63) is 40.9 Å². The smallest absolute Gasteiger partial charge is 0.131 e. The van der Waals surface area contributed by atoms with Gasteiger partial charge in [0.05, 0.1) is 17.6 Å². The number of rotatable bonds is 4. The summed E-state index contributed by atoms with van der Waals surface area (Å²) in [6, 6.07) is 4.11. The van der Waals surface area contributed by atoms with Crippen LogP contribution in [0.1, 0.15) is 18.2 Å². The Morgan fingerprint density at radius 2 is 2.00 bits per heavy atom. The van der Waals surface area contributed by atoms with Gasteiger partial charge in [0.1, 0.15) is 5.15 Å². The van der Waals surface area contributed by atoms with Gasteiger partial charge in [-0.05, 0) is 18.6 Å². The van der Waals surface area contributed by atoms with E-state index < -0.39 is 0 Å². The Kier molecular flexibility index (Phi) is 4.64. The Morgan fingerprint density at radius 3 is 2.64 bits per heavy atom. The summed E-state index contributed by atoms with van der Waals surface area (Å²) in [5.74, 6) is 0. The first-order valence-electron chi connectivity index (χ1n) is 7.76. The second-order valence-corrected chi connectivity index (χ2v) is 6.03. The average molecular weight is 320 g/mol. The molecular formula is C16H22ClN5. The molecule has 2 aromatic rings. The molecule has 1 aliphatic rings. The standard InChI is InChI=1S/C16H22ClN5/c1-3-15-14(16(17)20(2)19-15)12-21-7-9-22(10-8-21)13-5-4-6-18-11-13/h4-6,11H,3,7-10,12H2,1-2H3. The number of pyridine rings is 1. The van der Waals surface area contributed by atoms with Crippen LogP contribution in [0.5, 0.6) is 0 Å². The summed E-state index contributed by atoms with van der Waals surface area (Å²) >= 11 is 6.39. The zero-order chi connectivity index (χ0) is 15.5. The number of hydrogen-bond donors (Lipinski definition) is 0. The maximum Gasteiger partial charge on any atom is 0.131 e. The third kappa shape index (κ3) is 3.10. The summed E-state index contributed by atoms with van der Waals surface area (Å²) in [6.07, 6.45) is 4.67. The fraction of sp³-hybridized carbons (Fsp3) is 0.500. The van der Waals surface area contributed by atoms with Gasteiger partial charge in [-0.3, -0.25) is 14.6 Å². The fourth-order valence-electron chi connectivity index (χ4n) is 2.97. The molecule has 6 heteroatoms. The minimum atomic E-state index is 0.770. The molecule has 0 bridgehead atoms. The van der Waals surface area contributed by atoms with Crippen LogP contribution in [-0.4, -0.2) is 45.8 Å². The third-order valence-corrected chi connectivity index (χ3v) is 4.72. The third-order valence-electron chi connectivity index (χ3n) is 4.25. The average Bonchev–Trinajstić information content (AvgIpc) is 2.84. The Balaban J connectivity index is 1.63. The van der Waals surface area contributed by atoms with Gasteiger partial charge in [-0.25, -0.2) is 0 Å². The lowest BCUT2D eigenvalue weighted by atomic mass is 10.2. The zero-order valence-electron chi connectivity index (χ0n) is 13.2. The van der Waals surface area contributed by atoms with Crippen LogP contribution in [-0.2, 0) is 20.0 Å². The van der Waals surface area contributed by atoms with E-state index in [0.29, 0.717) is 0 Å². The van der Waals surface area contributed by atoms with E-state index in [9.17, 15) is 0 Å². The highest BCUT2D eigenvalue weighted by atomic mass is 35.5. The van der Waals surface area contributed by atoms with Crippen molar-refractivity contribution in [1.82, 2.24) is 19.7 Å². The highest BCUT2D eigenvalue weighted by Crippen LogP contribution is 2.23. The van der Waals surface area contributed by atoms with Crippen molar-refractivity contribution in [2.75, 3.05) is 31.1 Å². The molecule has 0 saturated carbocycles. The van der Waals surface area contributed by atoms with Gasteiger partial charge in [0.2, 0.25) is 0 Å². The minimum Gasteiger partial charge on any atom is -0.368 e. The van der Waals surface area contributed by atoms with Gasteiger partial charge in [-0.15, -0.1) is 0 Å². The van der Waals surface area contributed by atoms with Crippen LogP contribution in [0.25, 0.3) is 0 Å². The van der Waals surface area contributed by atoms with Crippen molar-refractivity contribution >= 4 is 17.3 Å². The van der Waals surface area contributed by atoms with Gasteiger partial charge in [-0.1, -0.05) is 18.5 Å². The molecule has 0 spiro atoms. The van der Waals surface area contributed by atoms with E-state index in [4.69, 9.17) is 11.6 Å². The molecule has 1 saturated heterocycles. The maximum absolute atomic E-state index is 6.39. The number of piperazine rings is 1. The number of aromatic nitrogens is 3. The van der Waals surface area contributed by atoms with Gasteiger partial charge in [0.15, 0.2) is 0 Å². The van der Waals surface area contributed by atoms with Crippen molar-refractivity contribution < 1.29 is 0 Å². The molecule has 1 aliphatic heterocycles. The summed E-state index contributed by atoms with van der Waals surface area (Å²) in [6.45, 7) is 7.11.